The highest BCUT2D eigenvalue weighted by Gasteiger charge is 2.25. The zero-order valence-corrected chi connectivity index (χ0v) is 14.1. The highest BCUT2D eigenvalue weighted by molar-refractivity contribution is 5.76. The fourth-order valence-electron chi connectivity index (χ4n) is 2.54. The first-order chi connectivity index (χ1) is 9.33. The van der Waals surface area contributed by atoms with Crippen LogP contribution in [0, 0.1) is 0 Å². The summed E-state index contributed by atoms with van der Waals surface area (Å²) in [6.07, 6.45) is 0.869. The molecule has 0 unspecified atom stereocenters. The van der Waals surface area contributed by atoms with E-state index in [-0.39, 0.29) is 24.9 Å². The summed E-state index contributed by atoms with van der Waals surface area (Å²) in [7, 11) is 2.03. The molecule has 0 aliphatic carbocycles. The third kappa shape index (κ3) is 3.76. The van der Waals surface area contributed by atoms with E-state index in [1.54, 1.807) is 0 Å². The number of imidazole rings is 1. The summed E-state index contributed by atoms with van der Waals surface area (Å²) < 4.78 is 9.61. The van der Waals surface area contributed by atoms with Gasteiger partial charge in [0.2, 0.25) is 0 Å². The maximum absolute atomic E-state index is 12.1. The van der Waals surface area contributed by atoms with Crippen molar-refractivity contribution >= 4 is 17.0 Å². The van der Waals surface area contributed by atoms with Crippen LogP contribution in [-0.2, 0) is 29.5 Å². The lowest BCUT2D eigenvalue weighted by Gasteiger charge is -2.18. The lowest BCUT2D eigenvalue weighted by atomic mass is 10.2. The van der Waals surface area contributed by atoms with Gasteiger partial charge in [-0.05, 0) is 32.9 Å². The first-order valence-electron chi connectivity index (χ1n) is 7.01. The molecule has 0 saturated carbocycles. The minimum atomic E-state index is -0.450. The van der Waals surface area contributed by atoms with Gasteiger partial charge in [-0.15, -0.1) is 0 Å². The van der Waals surface area contributed by atoms with Gasteiger partial charge >= 0.3 is 5.97 Å². The van der Waals surface area contributed by atoms with E-state index < -0.39 is 5.60 Å². The Morgan fingerprint density at radius 3 is 2.48 bits per heavy atom. The van der Waals surface area contributed by atoms with E-state index >= 15 is 0 Å². The molecule has 4 nitrogen and oxygen atoms in total. The van der Waals surface area contributed by atoms with Crippen LogP contribution in [0.1, 0.15) is 33.5 Å². The van der Waals surface area contributed by atoms with Crippen molar-refractivity contribution < 1.29 is 26.5 Å². The van der Waals surface area contributed by atoms with Crippen LogP contribution in [0.3, 0.4) is 0 Å². The van der Waals surface area contributed by atoms with E-state index in [9.17, 15) is 4.79 Å². The summed E-state index contributed by atoms with van der Waals surface area (Å²) in [5.41, 5.74) is 1.75. The van der Waals surface area contributed by atoms with Crippen molar-refractivity contribution in [3.63, 3.8) is 0 Å². The predicted molar refractivity (Wildman–Crippen MR) is 78.3 cm³/mol. The van der Waals surface area contributed by atoms with Crippen LogP contribution in [-0.4, -0.2) is 16.1 Å². The molecule has 0 amide bonds. The third-order valence-corrected chi connectivity index (χ3v) is 3.26. The molecule has 2 rings (SSSR count). The molecule has 0 aliphatic rings. The Morgan fingerprint density at radius 1 is 1.29 bits per heavy atom. The molecule has 1 aromatic carbocycles. The first kappa shape index (κ1) is 17.5. The number of fused-ring (bicyclic) bond motifs is 1. The molecule has 0 atom stereocenters. The number of aryl methyl sites for hydroxylation is 1. The van der Waals surface area contributed by atoms with Crippen LogP contribution in [0.5, 0.6) is 0 Å². The van der Waals surface area contributed by atoms with E-state index in [0.717, 1.165) is 23.3 Å². The normalized spacial score (nSPS) is 11.3. The molecule has 21 heavy (non-hydrogen) atoms. The summed E-state index contributed by atoms with van der Waals surface area (Å²) in [6, 6.07) is 8.12. The number of carbonyl (C=O) groups is 1. The summed E-state index contributed by atoms with van der Waals surface area (Å²) in [6.45, 7) is 8.01. The number of carbonyl (C=O) groups excluding carboxylic acids is 1. The molecule has 1 aromatic heterocycles. The fraction of sp³-hybridized carbons (Fsp3) is 0.500. The van der Waals surface area contributed by atoms with Crippen LogP contribution >= 0.6 is 0 Å². The van der Waals surface area contributed by atoms with Crippen molar-refractivity contribution in [2.24, 2.45) is 7.05 Å². The van der Waals surface area contributed by atoms with Gasteiger partial charge < -0.3 is 17.1 Å². The van der Waals surface area contributed by atoms with Crippen molar-refractivity contribution in [1.82, 2.24) is 4.57 Å². The Morgan fingerprint density at radius 2 is 1.90 bits per heavy atom. The molecule has 0 bridgehead atoms. The number of nitrogens with zero attached hydrogens (tertiary/aromatic N) is 2. The van der Waals surface area contributed by atoms with Crippen LogP contribution in [0.2, 0.25) is 0 Å². The summed E-state index contributed by atoms with van der Waals surface area (Å²) >= 11 is 0. The number of halogens is 1. The Labute approximate surface area is 132 Å². The van der Waals surface area contributed by atoms with Gasteiger partial charge in [0, 0.05) is 6.42 Å². The second kappa shape index (κ2) is 6.48. The molecule has 5 heteroatoms. The highest BCUT2D eigenvalue weighted by Crippen LogP contribution is 2.16. The predicted octanol–water partition coefficient (Wildman–Crippen LogP) is -0.626. The number of benzene rings is 1. The summed E-state index contributed by atoms with van der Waals surface area (Å²) in [5.74, 6) is 0.922. The number of esters is 1. The number of rotatable bonds is 3. The molecular weight excluding hydrogens is 288 g/mol. The van der Waals surface area contributed by atoms with Crippen LogP contribution in [0.4, 0.5) is 0 Å². The molecule has 0 aliphatic heterocycles. The van der Waals surface area contributed by atoms with Crippen LogP contribution < -0.4 is 17.0 Å². The third-order valence-electron chi connectivity index (χ3n) is 3.26. The van der Waals surface area contributed by atoms with E-state index in [0.29, 0.717) is 0 Å². The molecule has 116 valence electrons. The van der Waals surface area contributed by atoms with Gasteiger partial charge in [0.05, 0.1) is 7.05 Å². The van der Waals surface area contributed by atoms with Crippen molar-refractivity contribution in [2.75, 3.05) is 0 Å². The van der Waals surface area contributed by atoms with Gasteiger partial charge in [0.25, 0.3) is 5.82 Å². The molecule has 0 fully saturated rings. The van der Waals surface area contributed by atoms with E-state index in [1.807, 2.05) is 50.6 Å². The van der Waals surface area contributed by atoms with E-state index in [4.69, 9.17) is 4.74 Å². The van der Waals surface area contributed by atoms with Crippen molar-refractivity contribution in [3.8, 4) is 0 Å². The second-order valence-corrected chi connectivity index (χ2v) is 5.99. The molecule has 1 heterocycles. The largest absolute Gasteiger partial charge is 1.00 e. The van der Waals surface area contributed by atoms with E-state index in [2.05, 4.69) is 17.6 Å². The Bertz CT molecular complexity index is 641. The van der Waals surface area contributed by atoms with Crippen molar-refractivity contribution in [3.05, 3.63) is 30.1 Å². The fourth-order valence-corrected chi connectivity index (χ4v) is 2.54. The minimum absolute atomic E-state index is 0. The monoisotopic (exact) mass is 310 g/mol. The van der Waals surface area contributed by atoms with Gasteiger partial charge in [-0.1, -0.05) is 19.1 Å². The maximum Gasteiger partial charge on any atom is 0.349 e. The lowest BCUT2D eigenvalue weighted by Crippen LogP contribution is -3.00. The number of hydrogen-bond donors (Lipinski definition) is 0. The standard InChI is InChI=1S/C16H23N2O2.ClH/c1-6-14-17(5)12-9-7-8-10-13(12)18(14)11-15(19)20-16(2,3)4;/h7-10H,6,11H2,1-5H3;1H/q+1;/p-1. The van der Waals surface area contributed by atoms with Gasteiger partial charge in [-0.3, -0.25) is 0 Å². The average Bonchev–Trinajstić information content (AvgIpc) is 2.61. The maximum atomic E-state index is 12.1. The average molecular weight is 311 g/mol. The van der Waals surface area contributed by atoms with Crippen LogP contribution in [0.25, 0.3) is 11.0 Å². The number of para-hydroxylation sites is 2. The summed E-state index contributed by atoms with van der Waals surface area (Å²) in [4.78, 5) is 12.1. The molecule has 0 spiro atoms. The molecule has 0 saturated heterocycles. The zero-order valence-electron chi connectivity index (χ0n) is 13.3. The Hall–Kier alpha value is -1.55. The van der Waals surface area contributed by atoms with Gasteiger partial charge in [-0.25, -0.2) is 13.9 Å². The van der Waals surface area contributed by atoms with Crippen molar-refractivity contribution in [1.29, 1.82) is 0 Å². The number of hydrogen-bond acceptors (Lipinski definition) is 2. The van der Waals surface area contributed by atoms with Gasteiger partial charge in [-0.2, -0.15) is 0 Å². The zero-order chi connectivity index (χ0) is 14.9. The molecule has 0 radical (unpaired) electrons. The first-order valence-corrected chi connectivity index (χ1v) is 7.01. The summed E-state index contributed by atoms with van der Waals surface area (Å²) in [5, 5.41) is 0. The molecular formula is C16H23ClN2O2. The topological polar surface area (TPSA) is 35.1 Å². The lowest BCUT2D eigenvalue weighted by molar-refractivity contribution is -0.653. The minimum Gasteiger partial charge on any atom is -1.00 e. The smallest absolute Gasteiger partial charge is 0.349 e. The van der Waals surface area contributed by atoms with Crippen molar-refractivity contribution in [2.45, 2.75) is 46.3 Å². The quantitative estimate of drug-likeness (QED) is 0.559. The van der Waals surface area contributed by atoms with Gasteiger partial charge in [0.1, 0.15) is 5.60 Å². The molecule has 0 N–H and O–H groups in total. The molecule has 2 aromatic rings. The SMILES string of the molecule is CCc1n(CC(=O)OC(C)(C)C)c2ccccc2[n+]1C.[Cl-]. The van der Waals surface area contributed by atoms with Gasteiger partial charge in [0.15, 0.2) is 17.6 Å². The van der Waals surface area contributed by atoms with E-state index in [1.165, 1.54) is 0 Å². The Balaban J connectivity index is 0.00000220. The number of ether oxygens (including phenoxy) is 1. The van der Waals surface area contributed by atoms with Crippen LogP contribution in [0.15, 0.2) is 24.3 Å². The highest BCUT2D eigenvalue weighted by atomic mass is 35.5. The second-order valence-electron chi connectivity index (χ2n) is 5.99. The Kier molecular flexibility index (Phi) is 5.40. The number of aromatic nitrogens is 2.